The van der Waals surface area contributed by atoms with Crippen molar-refractivity contribution >= 4 is 23.4 Å². The number of amides is 3. The number of rotatable bonds is 3. The van der Waals surface area contributed by atoms with Crippen molar-refractivity contribution in [3.8, 4) is 11.5 Å². The first-order chi connectivity index (χ1) is 15.9. The van der Waals surface area contributed by atoms with E-state index in [-0.39, 0.29) is 30.7 Å². The van der Waals surface area contributed by atoms with E-state index in [1.807, 2.05) is 55.1 Å². The molecule has 8 heteroatoms. The maximum Gasteiger partial charge on any atom is 0.267 e. The lowest BCUT2D eigenvalue weighted by Gasteiger charge is -2.38. The van der Waals surface area contributed by atoms with Crippen LogP contribution in [0.5, 0.6) is 11.5 Å². The Morgan fingerprint density at radius 3 is 2.30 bits per heavy atom. The van der Waals surface area contributed by atoms with E-state index in [1.54, 1.807) is 11.0 Å². The highest BCUT2D eigenvalue weighted by molar-refractivity contribution is 6.22. The van der Waals surface area contributed by atoms with Crippen molar-refractivity contribution in [1.29, 1.82) is 0 Å². The van der Waals surface area contributed by atoms with E-state index >= 15 is 0 Å². The van der Waals surface area contributed by atoms with Crippen LogP contribution >= 0.6 is 0 Å². The van der Waals surface area contributed by atoms with Crippen LogP contribution in [-0.2, 0) is 14.4 Å². The van der Waals surface area contributed by atoms with Gasteiger partial charge in [-0.25, -0.2) is 4.90 Å². The Balaban J connectivity index is 1.21. The van der Waals surface area contributed by atoms with Gasteiger partial charge >= 0.3 is 0 Å². The van der Waals surface area contributed by atoms with Gasteiger partial charge in [-0.2, -0.15) is 0 Å². The Morgan fingerprint density at radius 1 is 0.939 bits per heavy atom. The number of hydrogen-bond donors (Lipinski definition) is 0. The first kappa shape index (κ1) is 21.5. The van der Waals surface area contributed by atoms with Crippen LogP contribution in [0.2, 0.25) is 0 Å². The van der Waals surface area contributed by atoms with Gasteiger partial charge in [0.25, 0.3) is 11.8 Å². The highest BCUT2D eigenvalue weighted by atomic mass is 16.6. The molecule has 0 N–H and O–H groups in total. The maximum atomic E-state index is 13.2. The summed E-state index contributed by atoms with van der Waals surface area (Å²) in [5.74, 6) is 0.728. The molecular weight excluding hydrogens is 422 g/mol. The van der Waals surface area contributed by atoms with Crippen molar-refractivity contribution in [2.75, 3.05) is 37.7 Å². The van der Waals surface area contributed by atoms with Crippen LogP contribution in [0.25, 0.3) is 0 Å². The van der Waals surface area contributed by atoms with Crippen molar-refractivity contribution in [1.82, 2.24) is 9.80 Å². The van der Waals surface area contributed by atoms with Crippen molar-refractivity contribution in [2.45, 2.75) is 32.4 Å². The summed E-state index contributed by atoms with van der Waals surface area (Å²) in [5, 5.41) is 0. The number of anilines is 1. The number of para-hydroxylation sites is 2. The lowest BCUT2D eigenvalue weighted by molar-refractivity contribution is -0.143. The summed E-state index contributed by atoms with van der Waals surface area (Å²) in [5.41, 5.74) is 2.66. The number of aryl methyl sites for hydroxylation is 2. The molecule has 2 atom stereocenters. The van der Waals surface area contributed by atoms with Crippen molar-refractivity contribution in [3.05, 3.63) is 53.6 Å². The Morgan fingerprint density at radius 2 is 1.61 bits per heavy atom. The lowest BCUT2D eigenvalue weighted by atomic mass is 10.1. The molecule has 2 aromatic rings. The van der Waals surface area contributed by atoms with E-state index in [0.29, 0.717) is 43.4 Å². The Kier molecular flexibility index (Phi) is 5.54. The van der Waals surface area contributed by atoms with Gasteiger partial charge < -0.3 is 14.4 Å². The monoisotopic (exact) mass is 449 g/mol. The minimum atomic E-state index is -0.679. The molecule has 2 fully saturated rings. The molecule has 3 aliphatic rings. The van der Waals surface area contributed by atoms with Gasteiger partial charge in [-0.1, -0.05) is 18.2 Å². The molecule has 33 heavy (non-hydrogen) atoms. The fourth-order valence-electron chi connectivity index (χ4n) is 4.85. The molecule has 0 bridgehead atoms. The lowest BCUT2D eigenvalue weighted by Crippen LogP contribution is -2.57. The Labute approximate surface area is 192 Å². The van der Waals surface area contributed by atoms with Gasteiger partial charge in [0.2, 0.25) is 12.0 Å². The van der Waals surface area contributed by atoms with E-state index < -0.39 is 12.1 Å². The van der Waals surface area contributed by atoms with Gasteiger partial charge in [-0.05, 0) is 49.2 Å². The van der Waals surface area contributed by atoms with E-state index in [1.165, 1.54) is 4.90 Å². The second kappa shape index (κ2) is 8.51. The molecule has 2 saturated heterocycles. The number of benzene rings is 2. The molecule has 0 aliphatic carbocycles. The molecule has 0 aromatic heterocycles. The number of imide groups is 1. The summed E-state index contributed by atoms with van der Waals surface area (Å²) in [6.45, 7) is 6.09. The standard InChI is InChI=1S/C25H27N3O5/c1-16-11-17(2)13-18(12-16)28-23(29)14-19(24(28)30)26-7-9-27(10-8-26)25(31)22-15-32-20-5-3-4-6-21(20)33-22/h3-6,11-13,19,22H,7-10,14-15H2,1-2H3. The van der Waals surface area contributed by atoms with Crippen LogP contribution in [0.4, 0.5) is 5.69 Å². The number of hydrogen-bond acceptors (Lipinski definition) is 6. The zero-order chi connectivity index (χ0) is 23.1. The largest absolute Gasteiger partial charge is 0.485 e. The molecule has 0 saturated carbocycles. The first-order valence-corrected chi connectivity index (χ1v) is 11.3. The van der Waals surface area contributed by atoms with Crippen LogP contribution in [-0.4, -0.2) is 72.5 Å². The number of nitrogens with zero attached hydrogens (tertiary/aromatic N) is 3. The predicted molar refractivity (Wildman–Crippen MR) is 121 cm³/mol. The summed E-state index contributed by atoms with van der Waals surface area (Å²) >= 11 is 0. The third-order valence-electron chi connectivity index (χ3n) is 6.44. The Bertz CT molecular complexity index is 1090. The van der Waals surface area contributed by atoms with Crippen LogP contribution in [0, 0.1) is 13.8 Å². The maximum absolute atomic E-state index is 13.2. The average molecular weight is 450 g/mol. The van der Waals surface area contributed by atoms with Gasteiger partial charge in [-0.3, -0.25) is 19.3 Å². The minimum absolute atomic E-state index is 0.116. The zero-order valence-electron chi connectivity index (χ0n) is 18.8. The van der Waals surface area contributed by atoms with Gasteiger partial charge in [0.1, 0.15) is 6.61 Å². The summed E-state index contributed by atoms with van der Waals surface area (Å²) in [7, 11) is 0. The second-order valence-electron chi connectivity index (χ2n) is 8.86. The smallest absolute Gasteiger partial charge is 0.267 e. The number of piperazine rings is 1. The highest BCUT2D eigenvalue weighted by Crippen LogP contribution is 2.32. The summed E-state index contributed by atoms with van der Waals surface area (Å²) in [4.78, 5) is 43.9. The van der Waals surface area contributed by atoms with Crippen LogP contribution in [0.3, 0.4) is 0 Å². The van der Waals surface area contributed by atoms with Crippen LogP contribution < -0.4 is 14.4 Å². The third-order valence-corrected chi connectivity index (χ3v) is 6.44. The number of carbonyl (C=O) groups excluding carboxylic acids is 3. The summed E-state index contributed by atoms with van der Waals surface area (Å²) in [6.07, 6.45) is -0.517. The predicted octanol–water partition coefficient (Wildman–Crippen LogP) is 1.92. The normalized spacial score (nSPS) is 23.2. The molecule has 2 aromatic carbocycles. The molecule has 3 aliphatic heterocycles. The van der Waals surface area contributed by atoms with Gasteiger partial charge in [0.15, 0.2) is 11.5 Å². The summed E-state index contributed by atoms with van der Waals surface area (Å²) in [6, 6.07) is 12.6. The fourth-order valence-corrected chi connectivity index (χ4v) is 4.85. The van der Waals surface area contributed by atoms with Crippen LogP contribution in [0.1, 0.15) is 17.5 Å². The van der Waals surface area contributed by atoms with Gasteiger partial charge in [0, 0.05) is 26.2 Å². The zero-order valence-corrected chi connectivity index (χ0v) is 18.8. The molecule has 3 amide bonds. The fraction of sp³-hybridized carbons (Fsp3) is 0.400. The Hall–Kier alpha value is -3.39. The highest BCUT2D eigenvalue weighted by Gasteiger charge is 2.44. The molecule has 2 unspecified atom stereocenters. The van der Waals surface area contributed by atoms with E-state index in [9.17, 15) is 14.4 Å². The molecular formula is C25H27N3O5. The quantitative estimate of drug-likeness (QED) is 0.667. The third kappa shape index (κ3) is 4.06. The molecule has 5 rings (SSSR count). The van der Waals surface area contributed by atoms with Crippen molar-refractivity contribution in [3.63, 3.8) is 0 Å². The van der Waals surface area contributed by atoms with Crippen molar-refractivity contribution in [2.24, 2.45) is 0 Å². The van der Waals surface area contributed by atoms with E-state index in [4.69, 9.17) is 9.47 Å². The molecule has 0 spiro atoms. The average Bonchev–Trinajstić information content (AvgIpc) is 3.11. The molecule has 8 nitrogen and oxygen atoms in total. The minimum Gasteiger partial charge on any atom is -0.485 e. The first-order valence-electron chi connectivity index (χ1n) is 11.3. The van der Waals surface area contributed by atoms with Crippen molar-refractivity contribution < 1.29 is 23.9 Å². The number of carbonyl (C=O) groups is 3. The SMILES string of the molecule is Cc1cc(C)cc(N2C(=O)CC(N3CCN(C(=O)C4COc5ccccc5O4)CC3)C2=O)c1. The van der Waals surface area contributed by atoms with Gasteiger partial charge in [0.05, 0.1) is 18.2 Å². The van der Waals surface area contributed by atoms with E-state index in [2.05, 4.69) is 0 Å². The molecule has 3 heterocycles. The van der Waals surface area contributed by atoms with Gasteiger partial charge in [-0.15, -0.1) is 0 Å². The molecule has 0 radical (unpaired) electrons. The topological polar surface area (TPSA) is 79.4 Å². The van der Waals surface area contributed by atoms with E-state index in [0.717, 1.165) is 11.1 Å². The van der Waals surface area contributed by atoms with Crippen LogP contribution in [0.15, 0.2) is 42.5 Å². The second-order valence-corrected chi connectivity index (χ2v) is 8.86. The summed E-state index contributed by atoms with van der Waals surface area (Å²) < 4.78 is 11.5. The number of ether oxygens (including phenoxy) is 2. The molecule has 172 valence electrons. The number of fused-ring (bicyclic) bond motifs is 1.